The van der Waals surface area contributed by atoms with Crippen molar-refractivity contribution in [2.24, 2.45) is 0 Å². The van der Waals surface area contributed by atoms with Crippen molar-refractivity contribution >= 4 is 12.4 Å². The topological polar surface area (TPSA) is 0 Å². The molecular weight excluding hydrogens is 616 g/mol. The quantitative estimate of drug-likeness (QED) is 0.0340. The van der Waals surface area contributed by atoms with Crippen molar-refractivity contribution in [3.63, 3.8) is 0 Å². The number of likely N-dealkylation sites (N-methyl/N-ethyl adjacent to an activating group) is 1. The van der Waals surface area contributed by atoms with Crippen LogP contribution in [0, 0.1) is 0 Å². The molecular formula is C46H97ClN2+2. The van der Waals surface area contributed by atoms with Crippen molar-refractivity contribution in [2.75, 3.05) is 54.4 Å². The average molecular weight is 714 g/mol. The number of quaternary nitrogens is 2. The van der Waals surface area contributed by atoms with Crippen LogP contribution in [0.25, 0.3) is 0 Å². The summed E-state index contributed by atoms with van der Waals surface area (Å²) in [6, 6.07) is 0. The fourth-order valence-electron chi connectivity index (χ4n) is 7.06. The van der Waals surface area contributed by atoms with Gasteiger partial charge in [-0.05, 0) is 37.8 Å². The van der Waals surface area contributed by atoms with Gasteiger partial charge in [0.2, 0.25) is 0 Å². The van der Waals surface area contributed by atoms with Gasteiger partial charge < -0.3 is 8.97 Å². The van der Waals surface area contributed by atoms with Crippen LogP contribution in [0.4, 0.5) is 0 Å². The molecule has 3 heteroatoms. The Labute approximate surface area is 319 Å². The molecule has 0 fully saturated rings. The Morgan fingerprint density at radius 2 is 0.490 bits per heavy atom. The number of nitrogens with zero attached hydrogens (tertiary/aromatic N) is 2. The van der Waals surface area contributed by atoms with Crippen molar-refractivity contribution in [3.05, 3.63) is 25.3 Å². The molecule has 0 aromatic heterocycles. The maximum absolute atomic E-state index is 3.68. The van der Waals surface area contributed by atoms with Gasteiger partial charge in [-0.25, -0.2) is 0 Å². The highest BCUT2D eigenvalue weighted by molar-refractivity contribution is 5.85. The molecule has 0 heterocycles. The molecule has 0 saturated heterocycles. The van der Waals surface area contributed by atoms with E-state index in [4.69, 9.17) is 0 Å². The van der Waals surface area contributed by atoms with E-state index in [0.29, 0.717) is 0 Å². The summed E-state index contributed by atoms with van der Waals surface area (Å²) in [5.74, 6) is 0. The minimum atomic E-state index is 0. The maximum atomic E-state index is 3.68. The molecule has 0 atom stereocenters. The van der Waals surface area contributed by atoms with Gasteiger partial charge in [0.15, 0.2) is 0 Å². The maximum Gasteiger partial charge on any atom is 0.0969 e. The molecule has 0 aliphatic carbocycles. The molecule has 0 aliphatic rings. The second kappa shape index (κ2) is 42.1. The highest BCUT2D eigenvalue weighted by atomic mass is 35.5. The Hall–Kier alpha value is -0.310. The van der Waals surface area contributed by atoms with Gasteiger partial charge in [-0.3, -0.25) is 0 Å². The fourth-order valence-corrected chi connectivity index (χ4v) is 7.06. The largest absolute Gasteiger partial charge is 0.328 e. The lowest BCUT2D eigenvalue weighted by Crippen LogP contribution is -2.41. The third-order valence-electron chi connectivity index (χ3n) is 10.5. The van der Waals surface area contributed by atoms with E-state index in [9.17, 15) is 0 Å². The number of rotatable bonds is 38. The molecule has 0 aliphatic heterocycles. The zero-order chi connectivity index (χ0) is 35.9. The molecule has 2 nitrogen and oxygen atoms in total. The Morgan fingerprint density at radius 3 is 0.673 bits per heavy atom. The zero-order valence-electron chi connectivity index (χ0n) is 35.3. The van der Waals surface area contributed by atoms with Gasteiger partial charge in [-0.1, -0.05) is 207 Å². The molecule has 49 heavy (non-hydrogen) atoms. The van der Waals surface area contributed by atoms with Crippen molar-refractivity contribution in [2.45, 2.75) is 219 Å². The van der Waals surface area contributed by atoms with Gasteiger partial charge in [0.05, 0.1) is 54.4 Å². The first-order valence-electron chi connectivity index (χ1n) is 22.1. The highest BCUT2D eigenvalue weighted by Gasteiger charge is 2.13. The van der Waals surface area contributed by atoms with Crippen LogP contribution >= 0.6 is 12.4 Å². The summed E-state index contributed by atoms with van der Waals surface area (Å²) in [7, 11) is 9.25. The molecule has 0 saturated carbocycles. The van der Waals surface area contributed by atoms with E-state index in [2.05, 4.69) is 55.2 Å². The van der Waals surface area contributed by atoms with E-state index in [1.54, 1.807) is 0 Å². The molecule has 296 valence electrons. The minimum Gasteiger partial charge on any atom is -0.328 e. The molecule has 0 amide bonds. The number of halogens is 1. The van der Waals surface area contributed by atoms with Gasteiger partial charge in [0.25, 0.3) is 0 Å². The van der Waals surface area contributed by atoms with Gasteiger partial charge in [-0.15, -0.1) is 12.4 Å². The first-order chi connectivity index (χ1) is 23.2. The van der Waals surface area contributed by atoms with Crippen molar-refractivity contribution < 1.29 is 8.97 Å². The van der Waals surface area contributed by atoms with Crippen LogP contribution in [0.3, 0.4) is 0 Å². The molecule has 0 rings (SSSR count). The highest BCUT2D eigenvalue weighted by Crippen LogP contribution is 2.16. The Bertz CT molecular complexity index is 579. The van der Waals surface area contributed by atoms with E-state index in [1.165, 1.54) is 223 Å². The van der Waals surface area contributed by atoms with Crippen LogP contribution in [0.5, 0.6) is 0 Å². The Kier molecular flexibility index (Phi) is 45.6. The van der Waals surface area contributed by atoms with Crippen LogP contribution in [0.15, 0.2) is 25.3 Å². The van der Waals surface area contributed by atoms with E-state index in [1.807, 2.05) is 12.2 Å². The molecule has 0 aromatic carbocycles. The smallest absolute Gasteiger partial charge is 0.0969 e. The summed E-state index contributed by atoms with van der Waals surface area (Å²) in [4.78, 5) is 0. The average Bonchev–Trinajstić information content (AvgIpc) is 3.04. The Balaban J connectivity index is -0.00000184. The van der Waals surface area contributed by atoms with Crippen molar-refractivity contribution in [1.29, 1.82) is 0 Å². The monoisotopic (exact) mass is 713 g/mol. The molecule has 0 aromatic rings. The zero-order valence-corrected chi connectivity index (χ0v) is 36.1. The minimum absolute atomic E-state index is 0. The van der Waals surface area contributed by atoms with Gasteiger partial charge in [0, 0.05) is 0 Å². The van der Waals surface area contributed by atoms with Crippen LogP contribution in [-0.4, -0.2) is 63.3 Å². The van der Waals surface area contributed by atoms with E-state index < -0.39 is 0 Å². The van der Waals surface area contributed by atoms with Crippen LogP contribution in [0.2, 0.25) is 0 Å². The summed E-state index contributed by atoms with van der Waals surface area (Å²) >= 11 is 0. The lowest BCUT2D eigenvalue weighted by atomic mass is 10.0. The lowest BCUT2D eigenvalue weighted by Gasteiger charge is -2.30. The molecule has 0 N–H and O–H groups in total. The lowest BCUT2D eigenvalue weighted by molar-refractivity contribution is -0.890. The molecule has 0 bridgehead atoms. The molecule has 0 spiro atoms. The van der Waals surface area contributed by atoms with Crippen LogP contribution < -0.4 is 0 Å². The number of hydrogen-bond acceptors (Lipinski definition) is 0. The van der Waals surface area contributed by atoms with E-state index in [0.717, 1.165) is 17.6 Å². The van der Waals surface area contributed by atoms with Gasteiger partial charge in [-0.2, -0.15) is 0 Å². The number of unbranched alkanes of at least 4 members (excludes halogenated alkanes) is 30. The van der Waals surface area contributed by atoms with Crippen molar-refractivity contribution in [1.82, 2.24) is 0 Å². The standard InChI is InChI=1S/C38H80N.C8H16N.ClH/c1-5-7-9-11-13-15-17-19-21-23-25-27-29-31-33-35-37-39(3,4)38-36-34-32-30-28-26-24-22-20-18-16-14-12-10-8-6-2;1-5-7-9(3,4)8-6-2;/h5-38H2,1-4H3;5-6H,1-2,7-8H2,3-4H3;1H/q2*+1;. The summed E-state index contributed by atoms with van der Waals surface area (Å²) in [6.07, 6.45) is 50.8. The third kappa shape index (κ3) is 47.7. The van der Waals surface area contributed by atoms with Crippen molar-refractivity contribution in [3.8, 4) is 0 Å². The van der Waals surface area contributed by atoms with E-state index >= 15 is 0 Å². The Morgan fingerprint density at radius 1 is 0.306 bits per heavy atom. The van der Waals surface area contributed by atoms with Crippen LogP contribution in [0.1, 0.15) is 219 Å². The summed E-state index contributed by atoms with van der Waals surface area (Å²) < 4.78 is 2.20. The first-order valence-corrected chi connectivity index (χ1v) is 22.1. The van der Waals surface area contributed by atoms with Gasteiger partial charge in [0.1, 0.15) is 0 Å². The summed E-state index contributed by atoms with van der Waals surface area (Å²) in [6.45, 7) is 16.8. The predicted molar refractivity (Wildman–Crippen MR) is 230 cm³/mol. The first kappa shape index (κ1) is 53.0. The third-order valence-corrected chi connectivity index (χ3v) is 10.5. The summed E-state index contributed by atoms with van der Waals surface area (Å²) in [5, 5.41) is 0. The predicted octanol–water partition coefficient (Wildman–Crippen LogP) is 15.4. The van der Waals surface area contributed by atoms with Gasteiger partial charge >= 0.3 is 0 Å². The second-order valence-corrected chi connectivity index (χ2v) is 16.9. The number of hydrogen-bond donors (Lipinski definition) is 0. The molecule has 0 radical (unpaired) electrons. The molecule has 0 unspecified atom stereocenters. The SMILES string of the molecule is C=CC[N+](C)(C)CC=C.CCCCCCCCCCCCCCCCCC[N+](C)(C)CCCCCCCCCCCCCCCCCC.Cl. The fraction of sp³-hybridized carbons (Fsp3) is 0.913. The van der Waals surface area contributed by atoms with E-state index in [-0.39, 0.29) is 12.4 Å². The second-order valence-electron chi connectivity index (χ2n) is 16.9. The van der Waals surface area contributed by atoms with Crippen LogP contribution in [-0.2, 0) is 0 Å². The normalized spacial score (nSPS) is 11.6. The summed E-state index contributed by atoms with van der Waals surface area (Å²) in [5.41, 5.74) is 0.